The van der Waals surface area contributed by atoms with E-state index in [1.807, 2.05) is 54.6 Å². The molecule has 98 valence electrons. The van der Waals surface area contributed by atoms with E-state index in [1.165, 1.54) is 0 Å². The van der Waals surface area contributed by atoms with Crippen molar-refractivity contribution in [2.24, 2.45) is 0 Å². The largest absolute Gasteiger partial charge is 0.508 e. The number of aromatic hydroxyl groups is 1. The molecule has 0 saturated heterocycles. The number of rotatable bonds is 2. The van der Waals surface area contributed by atoms with Gasteiger partial charge in [0.2, 0.25) is 0 Å². The number of pyridine rings is 1. The van der Waals surface area contributed by atoms with Gasteiger partial charge in [0.1, 0.15) is 5.75 Å². The fraction of sp³-hybridized carbons (Fsp3) is 0. The number of fused-ring (bicyclic) bond motifs is 1. The first-order chi connectivity index (χ1) is 9.72. The smallest absolute Gasteiger partial charge is 0.116 e. The molecule has 20 heavy (non-hydrogen) atoms. The van der Waals surface area contributed by atoms with Crippen molar-refractivity contribution in [2.75, 3.05) is 0 Å². The Morgan fingerprint density at radius 2 is 1.80 bits per heavy atom. The van der Waals surface area contributed by atoms with Gasteiger partial charge in [0, 0.05) is 10.4 Å². The highest BCUT2D eigenvalue weighted by atomic mass is 35.5. The Bertz CT molecular complexity index is 796. The monoisotopic (exact) mass is 281 g/mol. The Morgan fingerprint density at radius 1 is 0.950 bits per heavy atom. The number of phenolic OH excluding ortho intramolecular Hbond substituents is 1. The zero-order valence-corrected chi connectivity index (χ0v) is 11.4. The second-order valence-corrected chi connectivity index (χ2v) is 4.88. The molecule has 3 rings (SSSR count). The summed E-state index contributed by atoms with van der Waals surface area (Å²) < 4.78 is 0. The number of nitrogens with zero attached hydrogens (tertiary/aromatic N) is 1. The highest BCUT2D eigenvalue weighted by molar-refractivity contribution is 6.35. The summed E-state index contributed by atoms with van der Waals surface area (Å²) in [5.41, 5.74) is 2.65. The van der Waals surface area contributed by atoms with Crippen LogP contribution in [0, 0.1) is 0 Å². The van der Waals surface area contributed by atoms with E-state index in [2.05, 4.69) is 4.98 Å². The fourth-order valence-corrected chi connectivity index (χ4v) is 2.27. The predicted molar refractivity (Wildman–Crippen MR) is 83.8 cm³/mol. The minimum Gasteiger partial charge on any atom is -0.508 e. The molecule has 0 radical (unpaired) electrons. The lowest BCUT2D eigenvalue weighted by molar-refractivity contribution is 0.475. The minimum absolute atomic E-state index is 0.255. The summed E-state index contributed by atoms with van der Waals surface area (Å²) in [5.74, 6) is 0.255. The van der Waals surface area contributed by atoms with Crippen molar-refractivity contribution in [1.82, 2.24) is 4.98 Å². The fourth-order valence-electron chi connectivity index (χ4n) is 2.04. The van der Waals surface area contributed by atoms with Crippen LogP contribution in [0.25, 0.3) is 23.1 Å². The summed E-state index contributed by atoms with van der Waals surface area (Å²) in [5, 5.41) is 11.1. The summed E-state index contributed by atoms with van der Waals surface area (Å²) in [4.78, 5) is 4.54. The standard InChI is InChI=1S/C17H12ClNO/c18-16-5-2-6-17-15(16)10-9-13(19-17)8-7-12-3-1-4-14(20)11-12/h1-11,20H/b8-7+. The zero-order chi connectivity index (χ0) is 13.9. The van der Waals surface area contributed by atoms with Gasteiger partial charge in [-0.25, -0.2) is 4.98 Å². The van der Waals surface area contributed by atoms with E-state index in [9.17, 15) is 5.11 Å². The summed E-state index contributed by atoms with van der Waals surface area (Å²) in [6.45, 7) is 0. The van der Waals surface area contributed by atoms with Gasteiger partial charge in [-0.05, 0) is 48.0 Å². The number of hydrogen-bond acceptors (Lipinski definition) is 2. The summed E-state index contributed by atoms with van der Waals surface area (Å²) in [7, 11) is 0. The highest BCUT2D eigenvalue weighted by Gasteiger charge is 1.99. The average Bonchev–Trinajstić information content (AvgIpc) is 2.45. The molecule has 1 N–H and O–H groups in total. The molecule has 0 aliphatic rings. The van der Waals surface area contributed by atoms with Crippen molar-refractivity contribution < 1.29 is 5.11 Å². The zero-order valence-electron chi connectivity index (χ0n) is 10.6. The lowest BCUT2D eigenvalue weighted by Crippen LogP contribution is -1.83. The average molecular weight is 282 g/mol. The van der Waals surface area contributed by atoms with Crippen LogP contribution >= 0.6 is 11.6 Å². The highest BCUT2D eigenvalue weighted by Crippen LogP contribution is 2.22. The first-order valence-electron chi connectivity index (χ1n) is 6.25. The molecule has 0 bridgehead atoms. The molecular weight excluding hydrogens is 270 g/mol. The second-order valence-electron chi connectivity index (χ2n) is 4.47. The van der Waals surface area contributed by atoms with E-state index in [0.29, 0.717) is 5.02 Å². The molecule has 1 heterocycles. The quantitative estimate of drug-likeness (QED) is 0.734. The van der Waals surface area contributed by atoms with Gasteiger partial charge in [0.15, 0.2) is 0 Å². The number of benzene rings is 2. The number of aromatic nitrogens is 1. The van der Waals surface area contributed by atoms with Gasteiger partial charge in [-0.2, -0.15) is 0 Å². The summed E-state index contributed by atoms with van der Waals surface area (Å²) >= 11 is 6.11. The maximum atomic E-state index is 9.42. The number of phenols is 1. The van der Waals surface area contributed by atoms with Gasteiger partial charge in [-0.1, -0.05) is 35.9 Å². The molecule has 0 unspecified atom stereocenters. The third-order valence-corrected chi connectivity index (χ3v) is 3.35. The van der Waals surface area contributed by atoms with Crippen LogP contribution in [-0.2, 0) is 0 Å². The lowest BCUT2D eigenvalue weighted by Gasteiger charge is -2.01. The Morgan fingerprint density at radius 3 is 2.65 bits per heavy atom. The van der Waals surface area contributed by atoms with Crippen LogP contribution in [0.2, 0.25) is 5.02 Å². The van der Waals surface area contributed by atoms with E-state index in [-0.39, 0.29) is 5.75 Å². The number of hydrogen-bond donors (Lipinski definition) is 1. The van der Waals surface area contributed by atoms with Crippen LogP contribution in [0.1, 0.15) is 11.3 Å². The van der Waals surface area contributed by atoms with E-state index in [4.69, 9.17) is 11.6 Å². The first-order valence-corrected chi connectivity index (χ1v) is 6.62. The van der Waals surface area contributed by atoms with E-state index >= 15 is 0 Å². The molecular formula is C17H12ClNO. The maximum Gasteiger partial charge on any atom is 0.116 e. The van der Waals surface area contributed by atoms with Crippen molar-refractivity contribution >= 4 is 34.7 Å². The Hall–Kier alpha value is -2.32. The molecule has 3 aromatic rings. The molecule has 0 amide bonds. The molecule has 3 heteroatoms. The van der Waals surface area contributed by atoms with Crippen LogP contribution in [0.15, 0.2) is 54.6 Å². The molecule has 0 aliphatic carbocycles. The second kappa shape index (κ2) is 5.35. The molecule has 2 nitrogen and oxygen atoms in total. The minimum atomic E-state index is 0.255. The van der Waals surface area contributed by atoms with E-state index in [1.54, 1.807) is 12.1 Å². The SMILES string of the molecule is Oc1cccc(/C=C/c2ccc3c(Cl)cccc3n2)c1. The van der Waals surface area contributed by atoms with Crippen LogP contribution in [0.4, 0.5) is 0 Å². The van der Waals surface area contributed by atoms with E-state index < -0.39 is 0 Å². The van der Waals surface area contributed by atoms with Crippen LogP contribution in [0.3, 0.4) is 0 Å². The Labute approximate surface area is 122 Å². The molecule has 1 aromatic heterocycles. The molecule has 0 saturated carbocycles. The van der Waals surface area contributed by atoms with Gasteiger partial charge in [0.25, 0.3) is 0 Å². The van der Waals surface area contributed by atoms with Crippen LogP contribution in [-0.4, -0.2) is 10.1 Å². The Balaban J connectivity index is 1.95. The van der Waals surface area contributed by atoms with Gasteiger partial charge < -0.3 is 5.11 Å². The van der Waals surface area contributed by atoms with Crippen molar-refractivity contribution in [1.29, 1.82) is 0 Å². The lowest BCUT2D eigenvalue weighted by atomic mass is 10.1. The van der Waals surface area contributed by atoms with Crippen molar-refractivity contribution in [2.45, 2.75) is 0 Å². The van der Waals surface area contributed by atoms with E-state index in [0.717, 1.165) is 22.2 Å². The molecule has 0 fully saturated rings. The maximum absolute atomic E-state index is 9.42. The van der Waals surface area contributed by atoms with Crippen molar-refractivity contribution in [3.05, 3.63) is 70.9 Å². The first kappa shape index (κ1) is 12.7. The van der Waals surface area contributed by atoms with Gasteiger partial charge in [-0.15, -0.1) is 0 Å². The predicted octanol–water partition coefficient (Wildman–Crippen LogP) is 4.76. The normalized spacial score (nSPS) is 11.2. The topological polar surface area (TPSA) is 33.1 Å². The van der Waals surface area contributed by atoms with Crippen LogP contribution < -0.4 is 0 Å². The molecule has 0 aliphatic heterocycles. The molecule has 0 atom stereocenters. The van der Waals surface area contributed by atoms with Crippen LogP contribution in [0.5, 0.6) is 5.75 Å². The van der Waals surface area contributed by atoms with Crippen molar-refractivity contribution in [3.8, 4) is 5.75 Å². The van der Waals surface area contributed by atoms with Gasteiger partial charge in [-0.3, -0.25) is 0 Å². The molecule has 2 aromatic carbocycles. The number of halogens is 1. The molecule has 0 spiro atoms. The van der Waals surface area contributed by atoms with Crippen molar-refractivity contribution in [3.63, 3.8) is 0 Å². The Kier molecular flexibility index (Phi) is 3.40. The summed E-state index contributed by atoms with van der Waals surface area (Å²) in [6.07, 6.45) is 3.83. The third kappa shape index (κ3) is 2.65. The van der Waals surface area contributed by atoms with Gasteiger partial charge in [0.05, 0.1) is 11.2 Å². The van der Waals surface area contributed by atoms with Gasteiger partial charge >= 0.3 is 0 Å². The third-order valence-electron chi connectivity index (χ3n) is 3.02. The summed E-state index contributed by atoms with van der Waals surface area (Å²) in [6, 6.07) is 16.7.